The van der Waals surface area contributed by atoms with Gasteiger partial charge in [0.15, 0.2) is 0 Å². The van der Waals surface area contributed by atoms with Gasteiger partial charge in [0.1, 0.15) is 6.33 Å². The summed E-state index contributed by atoms with van der Waals surface area (Å²) >= 11 is 0. The summed E-state index contributed by atoms with van der Waals surface area (Å²) in [4.78, 5) is 11.7. The van der Waals surface area contributed by atoms with Gasteiger partial charge in [0.25, 0.3) is 0 Å². The molecule has 2 rings (SSSR count). The molecule has 2 aromatic heterocycles. The van der Waals surface area contributed by atoms with Crippen LogP contribution in [0.3, 0.4) is 0 Å². The van der Waals surface area contributed by atoms with Crippen LogP contribution in [0.5, 0.6) is 0 Å². The van der Waals surface area contributed by atoms with Crippen LogP contribution in [0.1, 0.15) is 25.2 Å². The number of hydrogen-bond donors (Lipinski definition) is 0. The third-order valence-electron chi connectivity index (χ3n) is 2.77. The molecule has 0 atom stereocenters. The molecule has 92 valence electrons. The van der Waals surface area contributed by atoms with Gasteiger partial charge < -0.3 is 0 Å². The van der Waals surface area contributed by atoms with Crippen LogP contribution in [0.15, 0.2) is 17.2 Å². The second kappa shape index (κ2) is 4.57. The first kappa shape index (κ1) is 11.6. The van der Waals surface area contributed by atoms with Crippen molar-refractivity contribution in [2.24, 2.45) is 7.05 Å². The molecule has 0 amide bonds. The molecule has 6 heteroatoms. The number of nitrogens with zero attached hydrogens (tertiary/aromatic N) is 5. The molecule has 0 radical (unpaired) electrons. The van der Waals surface area contributed by atoms with Crippen molar-refractivity contribution in [2.45, 2.75) is 33.4 Å². The smallest absolute Gasteiger partial charge is 0.285 e. The van der Waals surface area contributed by atoms with Crippen LogP contribution in [0, 0.1) is 0 Å². The molecule has 0 aliphatic rings. The van der Waals surface area contributed by atoms with E-state index in [1.54, 1.807) is 7.05 Å². The Kier molecular flexibility index (Phi) is 3.12. The third kappa shape index (κ3) is 2.15. The number of hydrogen-bond acceptors (Lipinski definition) is 3. The van der Waals surface area contributed by atoms with Crippen molar-refractivity contribution >= 4 is 0 Å². The van der Waals surface area contributed by atoms with Crippen molar-refractivity contribution < 1.29 is 0 Å². The predicted molar refractivity (Wildman–Crippen MR) is 63.8 cm³/mol. The molecule has 0 aliphatic carbocycles. The minimum atomic E-state index is -0.105. The van der Waals surface area contributed by atoms with Crippen LogP contribution in [-0.2, 0) is 26.6 Å². The molecule has 0 aromatic carbocycles. The molecule has 0 saturated carbocycles. The lowest BCUT2D eigenvalue weighted by molar-refractivity contribution is 0.561. The number of rotatable bonds is 4. The Hall–Kier alpha value is -1.85. The Balaban J connectivity index is 2.32. The lowest BCUT2D eigenvalue weighted by Crippen LogP contribution is -2.24. The number of aromatic nitrogens is 5. The molecule has 0 spiro atoms. The minimum Gasteiger partial charge on any atom is -0.285 e. The zero-order valence-corrected chi connectivity index (χ0v) is 10.4. The van der Waals surface area contributed by atoms with E-state index in [4.69, 9.17) is 0 Å². The molecular formula is C11H17N5O. The SMILES string of the molecule is CCc1cc(Cn2ncn(C)c2=O)n(CC)n1. The van der Waals surface area contributed by atoms with Crippen LogP contribution in [-0.4, -0.2) is 24.1 Å². The Bertz CT molecular complexity index is 563. The van der Waals surface area contributed by atoms with Crippen LogP contribution in [0.4, 0.5) is 0 Å². The fourth-order valence-electron chi connectivity index (χ4n) is 1.77. The van der Waals surface area contributed by atoms with Crippen LogP contribution in [0.2, 0.25) is 0 Å². The van der Waals surface area contributed by atoms with E-state index >= 15 is 0 Å². The zero-order chi connectivity index (χ0) is 12.4. The molecule has 0 fully saturated rings. The molecular weight excluding hydrogens is 218 g/mol. The largest absolute Gasteiger partial charge is 0.345 e. The summed E-state index contributed by atoms with van der Waals surface area (Å²) in [5.74, 6) is 0. The molecule has 2 aromatic rings. The van der Waals surface area contributed by atoms with Crippen molar-refractivity contribution in [1.82, 2.24) is 24.1 Å². The predicted octanol–water partition coefficient (Wildman–Crippen LogP) is 0.409. The Morgan fingerprint density at radius 3 is 2.59 bits per heavy atom. The highest BCUT2D eigenvalue weighted by molar-refractivity contribution is 5.10. The summed E-state index contributed by atoms with van der Waals surface area (Å²) in [6.45, 7) is 5.38. The molecule has 6 nitrogen and oxygen atoms in total. The third-order valence-corrected chi connectivity index (χ3v) is 2.77. The van der Waals surface area contributed by atoms with Crippen molar-refractivity contribution in [2.75, 3.05) is 0 Å². The summed E-state index contributed by atoms with van der Waals surface area (Å²) < 4.78 is 4.83. The summed E-state index contributed by atoms with van der Waals surface area (Å²) in [6, 6.07) is 2.03. The Morgan fingerprint density at radius 1 is 1.29 bits per heavy atom. The molecule has 0 unspecified atom stereocenters. The van der Waals surface area contributed by atoms with E-state index in [1.165, 1.54) is 15.6 Å². The highest BCUT2D eigenvalue weighted by atomic mass is 16.2. The lowest BCUT2D eigenvalue weighted by Gasteiger charge is -2.03. The maximum atomic E-state index is 11.7. The molecule has 0 saturated heterocycles. The van der Waals surface area contributed by atoms with E-state index in [0.717, 1.165) is 24.4 Å². The van der Waals surface area contributed by atoms with Crippen molar-refractivity contribution in [1.29, 1.82) is 0 Å². The molecule has 0 bridgehead atoms. The van der Waals surface area contributed by atoms with Gasteiger partial charge in [0.05, 0.1) is 17.9 Å². The summed E-state index contributed by atoms with van der Waals surface area (Å²) in [7, 11) is 1.69. The molecule has 2 heterocycles. The van der Waals surface area contributed by atoms with Crippen molar-refractivity contribution in [3.05, 3.63) is 34.3 Å². The zero-order valence-electron chi connectivity index (χ0n) is 10.4. The van der Waals surface area contributed by atoms with E-state index in [1.807, 2.05) is 17.7 Å². The van der Waals surface area contributed by atoms with Gasteiger partial charge in [-0.05, 0) is 19.4 Å². The van der Waals surface area contributed by atoms with Gasteiger partial charge >= 0.3 is 5.69 Å². The second-order valence-corrected chi connectivity index (χ2v) is 3.98. The van der Waals surface area contributed by atoms with Gasteiger partial charge in [0.2, 0.25) is 0 Å². The first-order chi connectivity index (χ1) is 8.15. The fourth-order valence-corrected chi connectivity index (χ4v) is 1.77. The van der Waals surface area contributed by atoms with Gasteiger partial charge in [0, 0.05) is 13.6 Å². The van der Waals surface area contributed by atoms with Gasteiger partial charge in [-0.3, -0.25) is 9.25 Å². The Morgan fingerprint density at radius 2 is 2.06 bits per heavy atom. The first-order valence-corrected chi connectivity index (χ1v) is 5.79. The van der Waals surface area contributed by atoms with E-state index in [0.29, 0.717) is 6.54 Å². The van der Waals surface area contributed by atoms with Gasteiger partial charge in [-0.25, -0.2) is 9.48 Å². The average Bonchev–Trinajstić information content (AvgIpc) is 2.87. The summed E-state index contributed by atoms with van der Waals surface area (Å²) in [5.41, 5.74) is 1.96. The standard InChI is InChI=1S/C11H17N5O/c1-4-9-6-10(15(5-2)13-9)7-16-11(17)14(3)8-12-16/h6,8H,4-5,7H2,1-3H3. The van der Waals surface area contributed by atoms with Gasteiger partial charge in [-0.2, -0.15) is 10.2 Å². The average molecular weight is 235 g/mol. The first-order valence-electron chi connectivity index (χ1n) is 5.79. The van der Waals surface area contributed by atoms with Crippen molar-refractivity contribution in [3.63, 3.8) is 0 Å². The second-order valence-electron chi connectivity index (χ2n) is 3.98. The quantitative estimate of drug-likeness (QED) is 0.771. The van der Waals surface area contributed by atoms with Crippen LogP contribution < -0.4 is 5.69 Å². The maximum absolute atomic E-state index is 11.7. The lowest BCUT2D eigenvalue weighted by atomic mass is 10.3. The van der Waals surface area contributed by atoms with E-state index in [-0.39, 0.29) is 5.69 Å². The fraction of sp³-hybridized carbons (Fsp3) is 0.545. The highest BCUT2D eigenvalue weighted by Gasteiger charge is 2.09. The minimum absolute atomic E-state index is 0.105. The van der Waals surface area contributed by atoms with E-state index in [2.05, 4.69) is 17.1 Å². The number of aryl methyl sites for hydroxylation is 3. The van der Waals surface area contributed by atoms with Gasteiger partial charge in [-0.15, -0.1) is 0 Å². The van der Waals surface area contributed by atoms with Gasteiger partial charge in [-0.1, -0.05) is 6.92 Å². The maximum Gasteiger partial charge on any atom is 0.345 e. The summed E-state index contributed by atoms with van der Waals surface area (Å²) in [5, 5.41) is 8.49. The topological polar surface area (TPSA) is 57.6 Å². The van der Waals surface area contributed by atoms with Crippen molar-refractivity contribution in [3.8, 4) is 0 Å². The van der Waals surface area contributed by atoms with Crippen LogP contribution in [0.25, 0.3) is 0 Å². The highest BCUT2D eigenvalue weighted by Crippen LogP contribution is 2.06. The molecule has 17 heavy (non-hydrogen) atoms. The normalized spacial score (nSPS) is 11.0. The monoisotopic (exact) mass is 235 g/mol. The van der Waals surface area contributed by atoms with Crippen LogP contribution >= 0.6 is 0 Å². The Labute approximate surface area is 99.5 Å². The molecule has 0 aliphatic heterocycles. The van der Waals surface area contributed by atoms with E-state index in [9.17, 15) is 4.79 Å². The summed E-state index contributed by atoms with van der Waals surface area (Å²) in [6.07, 6.45) is 2.42. The van der Waals surface area contributed by atoms with E-state index < -0.39 is 0 Å². The molecule has 0 N–H and O–H groups in total.